The smallest absolute Gasteiger partial charge is 0.241 e. The lowest BCUT2D eigenvalue weighted by molar-refractivity contribution is -0.122. The summed E-state index contributed by atoms with van der Waals surface area (Å²) >= 11 is 0. The minimum Gasteiger partial charge on any atom is -0.494 e. The van der Waals surface area contributed by atoms with E-state index in [0.29, 0.717) is 24.5 Å². The number of carbonyl (C=O) groups excluding carboxylic acids is 1. The first-order valence-corrected chi connectivity index (χ1v) is 12.0. The Morgan fingerprint density at radius 3 is 2.16 bits per heavy atom. The van der Waals surface area contributed by atoms with Gasteiger partial charge in [-0.2, -0.15) is 4.72 Å². The highest BCUT2D eigenvalue weighted by Gasteiger charge is 2.26. The molecule has 0 aromatic heterocycles. The van der Waals surface area contributed by atoms with Crippen LogP contribution < -0.4 is 14.8 Å². The SMILES string of the molecule is CCOc1ccc(S(=O)(=O)N[C@H](Cc2ccccc2)C(=O)NCc2ccccc2)cc1C. The predicted molar refractivity (Wildman–Crippen MR) is 125 cm³/mol. The number of carbonyl (C=O) groups is 1. The van der Waals surface area contributed by atoms with Crippen LogP contribution in [-0.2, 0) is 27.8 Å². The highest BCUT2D eigenvalue weighted by atomic mass is 32.2. The van der Waals surface area contributed by atoms with Crippen LogP contribution in [0.1, 0.15) is 23.6 Å². The summed E-state index contributed by atoms with van der Waals surface area (Å²) in [5.74, 6) is 0.247. The first-order chi connectivity index (χ1) is 15.4. The van der Waals surface area contributed by atoms with E-state index >= 15 is 0 Å². The third kappa shape index (κ3) is 6.42. The third-order valence-electron chi connectivity index (χ3n) is 4.96. The Bertz CT molecular complexity index is 1130. The molecule has 3 aromatic carbocycles. The van der Waals surface area contributed by atoms with Gasteiger partial charge in [-0.05, 0) is 55.2 Å². The number of sulfonamides is 1. The average Bonchev–Trinajstić information content (AvgIpc) is 2.79. The zero-order chi connectivity index (χ0) is 23.0. The Morgan fingerprint density at radius 2 is 1.56 bits per heavy atom. The van der Waals surface area contributed by atoms with Crippen LogP contribution >= 0.6 is 0 Å². The van der Waals surface area contributed by atoms with Gasteiger partial charge in [0.2, 0.25) is 15.9 Å². The molecule has 0 spiro atoms. The van der Waals surface area contributed by atoms with Gasteiger partial charge >= 0.3 is 0 Å². The number of nitrogens with one attached hydrogen (secondary N) is 2. The van der Waals surface area contributed by atoms with E-state index in [2.05, 4.69) is 10.0 Å². The Morgan fingerprint density at radius 1 is 0.938 bits per heavy atom. The van der Waals surface area contributed by atoms with E-state index in [9.17, 15) is 13.2 Å². The molecule has 3 aromatic rings. The van der Waals surface area contributed by atoms with Gasteiger partial charge in [0.1, 0.15) is 11.8 Å². The lowest BCUT2D eigenvalue weighted by Gasteiger charge is -2.19. The summed E-state index contributed by atoms with van der Waals surface area (Å²) in [5.41, 5.74) is 2.50. The number of aryl methyl sites for hydroxylation is 1. The second-order valence-electron chi connectivity index (χ2n) is 7.43. The molecular formula is C25H28N2O4S. The molecule has 168 valence electrons. The molecule has 0 saturated heterocycles. The van der Waals surface area contributed by atoms with Crippen molar-refractivity contribution in [2.24, 2.45) is 0 Å². The van der Waals surface area contributed by atoms with Crippen molar-refractivity contribution in [1.82, 2.24) is 10.0 Å². The number of hydrogen-bond donors (Lipinski definition) is 2. The molecule has 0 fully saturated rings. The zero-order valence-electron chi connectivity index (χ0n) is 18.2. The van der Waals surface area contributed by atoms with Gasteiger partial charge in [-0.1, -0.05) is 60.7 Å². The molecule has 0 aliphatic heterocycles. The molecule has 0 bridgehead atoms. The fourth-order valence-electron chi connectivity index (χ4n) is 3.31. The molecule has 3 rings (SSSR count). The largest absolute Gasteiger partial charge is 0.494 e. The molecule has 2 N–H and O–H groups in total. The van der Waals surface area contributed by atoms with Gasteiger partial charge in [-0.3, -0.25) is 4.79 Å². The van der Waals surface area contributed by atoms with E-state index in [1.54, 1.807) is 19.1 Å². The molecule has 0 aliphatic carbocycles. The van der Waals surface area contributed by atoms with Crippen molar-refractivity contribution in [3.8, 4) is 5.75 Å². The van der Waals surface area contributed by atoms with Crippen LogP contribution in [0.25, 0.3) is 0 Å². The van der Waals surface area contributed by atoms with Crippen molar-refractivity contribution in [2.45, 2.75) is 37.8 Å². The minimum atomic E-state index is -3.93. The number of hydrogen-bond acceptors (Lipinski definition) is 4. The summed E-state index contributed by atoms with van der Waals surface area (Å²) < 4.78 is 34.3. The molecule has 0 heterocycles. The summed E-state index contributed by atoms with van der Waals surface area (Å²) in [6.45, 7) is 4.46. The van der Waals surface area contributed by atoms with Crippen LogP contribution in [0.5, 0.6) is 5.75 Å². The lowest BCUT2D eigenvalue weighted by atomic mass is 10.1. The van der Waals surface area contributed by atoms with Crippen molar-refractivity contribution in [2.75, 3.05) is 6.61 Å². The molecule has 7 heteroatoms. The molecule has 0 unspecified atom stereocenters. The van der Waals surface area contributed by atoms with E-state index in [1.165, 1.54) is 6.07 Å². The molecule has 0 saturated carbocycles. The number of amides is 1. The van der Waals surface area contributed by atoms with Crippen molar-refractivity contribution < 1.29 is 17.9 Å². The van der Waals surface area contributed by atoms with Crippen molar-refractivity contribution in [3.05, 3.63) is 95.6 Å². The van der Waals surface area contributed by atoms with Gasteiger partial charge in [0, 0.05) is 6.54 Å². The fourth-order valence-corrected chi connectivity index (χ4v) is 4.59. The van der Waals surface area contributed by atoms with E-state index < -0.39 is 16.1 Å². The Hall–Kier alpha value is -3.16. The maximum Gasteiger partial charge on any atom is 0.241 e. The Kier molecular flexibility index (Phi) is 8.03. The molecule has 1 amide bonds. The van der Waals surface area contributed by atoms with Gasteiger partial charge < -0.3 is 10.1 Å². The number of rotatable bonds is 10. The third-order valence-corrected chi connectivity index (χ3v) is 6.43. The quantitative estimate of drug-likeness (QED) is 0.492. The standard InChI is InChI=1S/C25H28N2O4S/c1-3-31-24-15-14-22(16-19(24)2)32(29,30)27-23(17-20-10-6-4-7-11-20)25(28)26-18-21-12-8-5-9-13-21/h4-16,23,27H,3,17-18H2,1-2H3,(H,26,28)/t23-/m1/s1. The normalized spacial score (nSPS) is 12.2. The Balaban J connectivity index is 1.80. The zero-order valence-corrected chi connectivity index (χ0v) is 19.1. The molecule has 32 heavy (non-hydrogen) atoms. The molecular weight excluding hydrogens is 424 g/mol. The van der Waals surface area contributed by atoms with Crippen molar-refractivity contribution in [1.29, 1.82) is 0 Å². The summed E-state index contributed by atoms with van der Waals surface area (Å²) in [6.07, 6.45) is 0.233. The fraction of sp³-hybridized carbons (Fsp3) is 0.240. The van der Waals surface area contributed by atoms with Gasteiger partial charge in [0.05, 0.1) is 11.5 Å². The van der Waals surface area contributed by atoms with Crippen molar-refractivity contribution >= 4 is 15.9 Å². The topological polar surface area (TPSA) is 84.5 Å². The highest BCUT2D eigenvalue weighted by molar-refractivity contribution is 7.89. The second kappa shape index (κ2) is 10.9. The second-order valence-corrected chi connectivity index (χ2v) is 9.14. The average molecular weight is 453 g/mol. The maximum absolute atomic E-state index is 13.1. The van der Waals surface area contributed by atoms with Crippen LogP contribution in [0.2, 0.25) is 0 Å². The summed E-state index contributed by atoms with van der Waals surface area (Å²) in [5, 5.41) is 2.84. The van der Waals surface area contributed by atoms with Crippen molar-refractivity contribution in [3.63, 3.8) is 0 Å². The first-order valence-electron chi connectivity index (χ1n) is 10.5. The first kappa shape index (κ1) is 23.5. The van der Waals surface area contributed by atoms with Crippen LogP contribution in [0, 0.1) is 6.92 Å². The van der Waals surface area contributed by atoms with E-state index in [1.807, 2.05) is 67.6 Å². The molecule has 0 aliphatic rings. The van der Waals surface area contributed by atoms with Crippen LogP contribution in [0.3, 0.4) is 0 Å². The monoisotopic (exact) mass is 452 g/mol. The summed E-state index contributed by atoms with van der Waals surface area (Å²) in [4.78, 5) is 13.1. The predicted octanol–water partition coefficient (Wildman–Crippen LogP) is 3.60. The van der Waals surface area contributed by atoms with Gasteiger partial charge in [-0.25, -0.2) is 8.42 Å². The molecule has 1 atom stereocenters. The van der Waals surface area contributed by atoms with Gasteiger partial charge in [0.15, 0.2) is 0 Å². The number of ether oxygens (including phenoxy) is 1. The molecule has 0 radical (unpaired) electrons. The van der Waals surface area contributed by atoms with Crippen LogP contribution in [0.15, 0.2) is 83.8 Å². The highest BCUT2D eigenvalue weighted by Crippen LogP contribution is 2.22. The van der Waals surface area contributed by atoms with E-state index in [-0.39, 0.29) is 17.2 Å². The van der Waals surface area contributed by atoms with Crippen LogP contribution in [0.4, 0.5) is 0 Å². The van der Waals surface area contributed by atoms with Gasteiger partial charge in [0.25, 0.3) is 0 Å². The van der Waals surface area contributed by atoms with E-state index in [4.69, 9.17) is 4.74 Å². The molecule has 6 nitrogen and oxygen atoms in total. The van der Waals surface area contributed by atoms with Crippen LogP contribution in [-0.4, -0.2) is 27.0 Å². The number of benzene rings is 3. The van der Waals surface area contributed by atoms with Gasteiger partial charge in [-0.15, -0.1) is 0 Å². The maximum atomic E-state index is 13.1. The summed E-state index contributed by atoms with van der Waals surface area (Å²) in [6, 6.07) is 22.5. The minimum absolute atomic E-state index is 0.0902. The summed E-state index contributed by atoms with van der Waals surface area (Å²) in [7, 11) is -3.93. The van der Waals surface area contributed by atoms with E-state index in [0.717, 1.165) is 11.1 Å². The Labute approximate surface area is 189 Å². The lowest BCUT2D eigenvalue weighted by Crippen LogP contribution is -2.47.